The topological polar surface area (TPSA) is 35.2 Å². The molecule has 1 aliphatic rings. The SMILES string of the molecule is NCC(c1ccc(Cl)cc1)C1CCOC1. The standard InChI is InChI=1S/C12H16ClNO/c13-11-3-1-9(2-4-11)12(7-14)10-5-6-15-8-10/h1-4,10,12H,5-8,14H2. The lowest BCUT2D eigenvalue weighted by molar-refractivity contribution is 0.181. The van der Waals surface area contributed by atoms with Crippen LogP contribution in [0.1, 0.15) is 17.9 Å². The minimum absolute atomic E-state index is 0.407. The summed E-state index contributed by atoms with van der Waals surface area (Å²) in [5.41, 5.74) is 7.11. The molecule has 3 heteroatoms. The van der Waals surface area contributed by atoms with E-state index in [4.69, 9.17) is 22.1 Å². The summed E-state index contributed by atoms with van der Waals surface area (Å²) in [7, 11) is 0. The van der Waals surface area contributed by atoms with Crippen LogP contribution in [0.3, 0.4) is 0 Å². The molecular formula is C12H16ClNO. The fraction of sp³-hybridized carbons (Fsp3) is 0.500. The Morgan fingerprint density at radius 1 is 1.40 bits per heavy atom. The van der Waals surface area contributed by atoms with Crippen LogP contribution in [0.5, 0.6) is 0 Å². The van der Waals surface area contributed by atoms with Gasteiger partial charge < -0.3 is 10.5 Å². The van der Waals surface area contributed by atoms with Crippen molar-refractivity contribution in [2.24, 2.45) is 11.7 Å². The number of nitrogens with two attached hydrogens (primary N) is 1. The van der Waals surface area contributed by atoms with Gasteiger partial charge in [-0.3, -0.25) is 0 Å². The average molecular weight is 226 g/mol. The van der Waals surface area contributed by atoms with Gasteiger partial charge in [-0.05, 0) is 36.6 Å². The molecule has 1 saturated heterocycles. The summed E-state index contributed by atoms with van der Waals surface area (Å²) >= 11 is 5.86. The van der Waals surface area contributed by atoms with Crippen molar-refractivity contribution in [2.75, 3.05) is 19.8 Å². The van der Waals surface area contributed by atoms with Crippen LogP contribution in [0.2, 0.25) is 5.02 Å². The highest BCUT2D eigenvalue weighted by molar-refractivity contribution is 6.30. The molecule has 2 atom stereocenters. The van der Waals surface area contributed by atoms with Crippen LogP contribution in [-0.2, 0) is 4.74 Å². The van der Waals surface area contributed by atoms with Crippen molar-refractivity contribution >= 4 is 11.6 Å². The third-order valence-electron chi connectivity index (χ3n) is 3.09. The molecule has 0 amide bonds. The van der Waals surface area contributed by atoms with Crippen LogP contribution in [0.4, 0.5) is 0 Å². The Hall–Kier alpha value is -0.570. The summed E-state index contributed by atoms with van der Waals surface area (Å²) in [5, 5.41) is 0.775. The number of hydrogen-bond acceptors (Lipinski definition) is 2. The second-order valence-electron chi connectivity index (χ2n) is 4.02. The molecule has 0 bridgehead atoms. The van der Waals surface area contributed by atoms with Crippen LogP contribution in [0.15, 0.2) is 24.3 Å². The van der Waals surface area contributed by atoms with E-state index < -0.39 is 0 Å². The first-order chi connectivity index (χ1) is 7.31. The smallest absolute Gasteiger partial charge is 0.0501 e. The molecule has 15 heavy (non-hydrogen) atoms. The number of rotatable bonds is 3. The van der Waals surface area contributed by atoms with Crippen LogP contribution in [-0.4, -0.2) is 19.8 Å². The fourth-order valence-corrected chi connectivity index (χ4v) is 2.31. The van der Waals surface area contributed by atoms with E-state index in [9.17, 15) is 0 Å². The molecule has 0 aliphatic carbocycles. The molecule has 2 rings (SSSR count). The zero-order valence-electron chi connectivity index (χ0n) is 8.66. The molecule has 1 aliphatic heterocycles. The third kappa shape index (κ3) is 2.51. The lowest BCUT2D eigenvalue weighted by Crippen LogP contribution is -2.21. The van der Waals surface area contributed by atoms with Crippen molar-refractivity contribution < 1.29 is 4.74 Å². The van der Waals surface area contributed by atoms with Crippen LogP contribution < -0.4 is 5.73 Å². The molecular weight excluding hydrogens is 210 g/mol. The van der Waals surface area contributed by atoms with E-state index in [0.29, 0.717) is 18.4 Å². The predicted octanol–water partition coefficient (Wildman–Crippen LogP) is 2.42. The maximum atomic E-state index is 5.86. The molecule has 1 heterocycles. The molecule has 1 fully saturated rings. The molecule has 1 aromatic carbocycles. The average Bonchev–Trinajstić information content (AvgIpc) is 2.75. The Kier molecular flexibility index (Phi) is 3.62. The highest BCUT2D eigenvalue weighted by Gasteiger charge is 2.25. The Labute approximate surface area is 95.4 Å². The van der Waals surface area contributed by atoms with Gasteiger partial charge in [0.1, 0.15) is 0 Å². The summed E-state index contributed by atoms with van der Waals surface area (Å²) in [6, 6.07) is 7.99. The first-order valence-corrected chi connectivity index (χ1v) is 5.72. The van der Waals surface area contributed by atoms with Gasteiger partial charge in [0.25, 0.3) is 0 Å². The first kappa shape index (κ1) is 10.9. The molecule has 2 nitrogen and oxygen atoms in total. The van der Waals surface area contributed by atoms with Gasteiger partial charge >= 0.3 is 0 Å². The highest BCUT2D eigenvalue weighted by Crippen LogP contribution is 2.30. The molecule has 2 unspecified atom stereocenters. The zero-order valence-corrected chi connectivity index (χ0v) is 9.41. The minimum atomic E-state index is 0.407. The Morgan fingerprint density at radius 3 is 2.67 bits per heavy atom. The van der Waals surface area contributed by atoms with Crippen molar-refractivity contribution in [3.8, 4) is 0 Å². The Bertz CT molecular complexity index is 306. The number of benzene rings is 1. The second-order valence-corrected chi connectivity index (χ2v) is 4.45. The molecule has 0 saturated carbocycles. The third-order valence-corrected chi connectivity index (χ3v) is 3.34. The van der Waals surface area contributed by atoms with Gasteiger partial charge in [0.05, 0.1) is 6.61 Å². The Morgan fingerprint density at radius 2 is 2.13 bits per heavy atom. The highest BCUT2D eigenvalue weighted by atomic mass is 35.5. The van der Waals surface area contributed by atoms with Gasteiger partial charge in [0, 0.05) is 17.5 Å². The number of halogens is 1. The van der Waals surface area contributed by atoms with Crippen molar-refractivity contribution in [3.05, 3.63) is 34.9 Å². The molecule has 0 spiro atoms. The van der Waals surface area contributed by atoms with Gasteiger partial charge in [-0.2, -0.15) is 0 Å². The predicted molar refractivity (Wildman–Crippen MR) is 62.2 cm³/mol. The molecule has 0 aromatic heterocycles. The molecule has 0 radical (unpaired) electrons. The second kappa shape index (κ2) is 4.97. The van der Waals surface area contributed by atoms with Crippen molar-refractivity contribution in [3.63, 3.8) is 0 Å². The van der Waals surface area contributed by atoms with E-state index in [2.05, 4.69) is 12.1 Å². The maximum absolute atomic E-state index is 5.86. The monoisotopic (exact) mass is 225 g/mol. The maximum Gasteiger partial charge on any atom is 0.0501 e. The number of ether oxygens (including phenoxy) is 1. The van der Waals surface area contributed by atoms with E-state index in [1.165, 1.54) is 5.56 Å². The summed E-state index contributed by atoms with van der Waals surface area (Å²) in [6.07, 6.45) is 1.12. The summed E-state index contributed by atoms with van der Waals surface area (Å²) < 4.78 is 5.40. The number of hydrogen-bond donors (Lipinski definition) is 1. The molecule has 2 N–H and O–H groups in total. The van der Waals surface area contributed by atoms with E-state index in [1.807, 2.05) is 12.1 Å². The van der Waals surface area contributed by atoms with Crippen molar-refractivity contribution in [2.45, 2.75) is 12.3 Å². The lowest BCUT2D eigenvalue weighted by Gasteiger charge is -2.21. The van der Waals surface area contributed by atoms with Gasteiger partial charge in [0.2, 0.25) is 0 Å². The summed E-state index contributed by atoms with van der Waals surface area (Å²) in [5.74, 6) is 0.973. The normalized spacial score (nSPS) is 22.9. The van der Waals surface area contributed by atoms with Gasteiger partial charge in [0.15, 0.2) is 0 Å². The quantitative estimate of drug-likeness (QED) is 0.858. The largest absolute Gasteiger partial charge is 0.381 e. The van der Waals surface area contributed by atoms with Crippen LogP contribution in [0, 0.1) is 5.92 Å². The van der Waals surface area contributed by atoms with Crippen LogP contribution in [0.25, 0.3) is 0 Å². The van der Waals surface area contributed by atoms with E-state index in [0.717, 1.165) is 24.7 Å². The Balaban J connectivity index is 2.14. The molecule has 82 valence electrons. The van der Waals surface area contributed by atoms with E-state index >= 15 is 0 Å². The summed E-state index contributed by atoms with van der Waals surface area (Å²) in [4.78, 5) is 0. The van der Waals surface area contributed by atoms with Crippen LogP contribution >= 0.6 is 11.6 Å². The first-order valence-electron chi connectivity index (χ1n) is 5.34. The molecule has 1 aromatic rings. The van der Waals surface area contributed by atoms with Gasteiger partial charge in [-0.1, -0.05) is 23.7 Å². The van der Waals surface area contributed by atoms with Crippen molar-refractivity contribution in [1.29, 1.82) is 0 Å². The summed E-state index contributed by atoms with van der Waals surface area (Å²) in [6.45, 7) is 2.38. The van der Waals surface area contributed by atoms with Gasteiger partial charge in [-0.15, -0.1) is 0 Å². The van der Waals surface area contributed by atoms with E-state index in [1.54, 1.807) is 0 Å². The van der Waals surface area contributed by atoms with E-state index in [-0.39, 0.29) is 0 Å². The zero-order chi connectivity index (χ0) is 10.7. The van der Waals surface area contributed by atoms with Gasteiger partial charge in [-0.25, -0.2) is 0 Å². The van der Waals surface area contributed by atoms with Crippen molar-refractivity contribution in [1.82, 2.24) is 0 Å². The lowest BCUT2D eigenvalue weighted by atomic mass is 9.85. The minimum Gasteiger partial charge on any atom is -0.381 e. The fourth-order valence-electron chi connectivity index (χ4n) is 2.18.